The largest absolute Gasteiger partial charge is 0.467 e. The molecule has 0 aliphatic carbocycles. The predicted octanol–water partition coefficient (Wildman–Crippen LogP) is 3.07. The Bertz CT molecular complexity index is 506. The number of hydrogen-bond donors (Lipinski definition) is 1. The lowest BCUT2D eigenvalue weighted by atomic mass is 10.2. The van der Waals surface area contributed by atoms with Crippen LogP contribution in [0.15, 0.2) is 47.1 Å². The summed E-state index contributed by atoms with van der Waals surface area (Å²) in [5, 5.41) is 3.18. The SMILES string of the molecule is CCOC(=O)c1cccc(NCc2ccco2)c1. The third kappa shape index (κ3) is 3.13. The van der Waals surface area contributed by atoms with Gasteiger partial charge in [-0.05, 0) is 37.3 Å². The first-order chi connectivity index (χ1) is 8.79. The fraction of sp³-hybridized carbons (Fsp3) is 0.214. The van der Waals surface area contributed by atoms with Gasteiger partial charge in [-0.15, -0.1) is 0 Å². The molecule has 1 heterocycles. The Labute approximate surface area is 106 Å². The van der Waals surface area contributed by atoms with Crippen LogP contribution in [0.3, 0.4) is 0 Å². The first kappa shape index (κ1) is 12.2. The van der Waals surface area contributed by atoms with E-state index in [4.69, 9.17) is 9.15 Å². The maximum atomic E-state index is 11.6. The third-order valence-corrected chi connectivity index (χ3v) is 2.42. The highest BCUT2D eigenvalue weighted by Crippen LogP contribution is 2.13. The van der Waals surface area contributed by atoms with Crippen molar-refractivity contribution in [1.29, 1.82) is 0 Å². The van der Waals surface area contributed by atoms with E-state index in [1.165, 1.54) is 0 Å². The molecule has 94 valence electrons. The first-order valence-electron chi connectivity index (χ1n) is 5.83. The number of benzene rings is 1. The molecule has 18 heavy (non-hydrogen) atoms. The molecule has 0 radical (unpaired) electrons. The molecule has 2 rings (SSSR count). The summed E-state index contributed by atoms with van der Waals surface area (Å²) in [5.41, 5.74) is 1.40. The number of ether oxygens (including phenoxy) is 1. The monoisotopic (exact) mass is 245 g/mol. The van der Waals surface area contributed by atoms with E-state index in [-0.39, 0.29) is 5.97 Å². The number of rotatable bonds is 5. The van der Waals surface area contributed by atoms with Gasteiger partial charge >= 0.3 is 5.97 Å². The predicted molar refractivity (Wildman–Crippen MR) is 68.4 cm³/mol. The molecule has 0 saturated carbocycles. The van der Waals surface area contributed by atoms with E-state index >= 15 is 0 Å². The number of esters is 1. The Morgan fingerprint density at radius 1 is 1.33 bits per heavy atom. The molecule has 0 aliphatic rings. The molecule has 0 saturated heterocycles. The molecule has 4 nitrogen and oxygen atoms in total. The van der Waals surface area contributed by atoms with Gasteiger partial charge in [0.1, 0.15) is 5.76 Å². The molecule has 0 aliphatic heterocycles. The Kier molecular flexibility index (Phi) is 4.02. The van der Waals surface area contributed by atoms with Crippen molar-refractivity contribution in [3.05, 3.63) is 54.0 Å². The van der Waals surface area contributed by atoms with Gasteiger partial charge < -0.3 is 14.5 Å². The Balaban J connectivity index is 2.01. The van der Waals surface area contributed by atoms with E-state index in [1.54, 1.807) is 25.3 Å². The molecule has 0 amide bonds. The van der Waals surface area contributed by atoms with Crippen molar-refractivity contribution in [1.82, 2.24) is 0 Å². The fourth-order valence-corrected chi connectivity index (χ4v) is 1.57. The highest BCUT2D eigenvalue weighted by atomic mass is 16.5. The van der Waals surface area contributed by atoms with Gasteiger partial charge in [0.15, 0.2) is 0 Å². The van der Waals surface area contributed by atoms with Gasteiger partial charge in [0.2, 0.25) is 0 Å². The first-order valence-corrected chi connectivity index (χ1v) is 5.83. The minimum absolute atomic E-state index is 0.306. The van der Waals surface area contributed by atoms with Crippen molar-refractivity contribution in [2.24, 2.45) is 0 Å². The average molecular weight is 245 g/mol. The smallest absolute Gasteiger partial charge is 0.338 e. The number of carbonyl (C=O) groups is 1. The quantitative estimate of drug-likeness (QED) is 0.822. The van der Waals surface area contributed by atoms with Gasteiger partial charge in [-0.2, -0.15) is 0 Å². The normalized spacial score (nSPS) is 10.1. The number of anilines is 1. The number of furan rings is 1. The Morgan fingerprint density at radius 2 is 2.22 bits per heavy atom. The Morgan fingerprint density at radius 3 is 2.94 bits per heavy atom. The van der Waals surface area contributed by atoms with Crippen molar-refractivity contribution < 1.29 is 13.9 Å². The molecular weight excluding hydrogens is 230 g/mol. The van der Waals surface area contributed by atoms with Crippen molar-refractivity contribution in [3.63, 3.8) is 0 Å². The van der Waals surface area contributed by atoms with Gasteiger partial charge in [0.25, 0.3) is 0 Å². The van der Waals surface area contributed by atoms with Crippen LogP contribution in [-0.2, 0) is 11.3 Å². The lowest BCUT2D eigenvalue weighted by Gasteiger charge is -2.06. The van der Waals surface area contributed by atoms with Crippen molar-refractivity contribution in [2.45, 2.75) is 13.5 Å². The second-order valence-corrected chi connectivity index (χ2v) is 3.73. The molecule has 0 bridgehead atoms. The van der Waals surface area contributed by atoms with Gasteiger partial charge in [-0.1, -0.05) is 6.07 Å². The molecule has 1 N–H and O–H groups in total. The molecule has 1 aromatic heterocycles. The summed E-state index contributed by atoms with van der Waals surface area (Å²) in [6.07, 6.45) is 1.63. The molecule has 0 fully saturated rings. The van der Waals surface area contributed by atoms with Crippen LogP contribution in [0.2, 0.25) is 0 Å². The van der Waals surface area contributed by atoms with E-state index in [2.05, 4.69) is 5.32 Å². The summed E-state index contributed by atoms with van der Waals surface area (Å²) < 4.78 is 10.2. The average Bonchev–Trinajstić information content (AvgIpc) is 2.90. The minimum Gasteiger partial charge on any atom is -0.467 e. The van der Waals surface area contributed by atoms with Crippen LogP contribution < -0.4 is 5.32 Å². The minimum atomic E-state index is -0.306. The molecule has 0 unspecified atom stereocenters. The highest BCUT2D eigenvalue weighted by Gasteiger charge is 2.06. The number of hydrogen-bond acceptors (Lipinski definition) is 4. The maximum Gasteiger partial charge on any atom is 0.338 e. The van der Waals surface area contributed by atoms with Gasteiger partial charge in [-0.25, -0.2) is 4.79 Å². The van der Waals surface area contributed by atoms with Crippen LogP contribution >= 0.6 is 0 Å². The Hall–Kier alpha value is -2.23. The summed E-state index contributed by atoms with van der Waals surface area (Å²) in [4.78, 5) is 11.6. The second-order valence-electron chi connectivity index (χ2n) is 3.73. The molecule has 2 aromatic rings. The van der Waals surface area contributed by atoms with E-state index < -0.39 is 0 Å². The molecular formula is C14H15NO3. The zero-order valence-electron chi connectivity index (χ0n) is 10.2. The van der Waals surface area contributed by atoms with Crippen LogP contribution in [0.1, 0.15) is 23.0 Å². The van der Waals surface area contributed by atoms with Crippen LogP contribution in [-0.4, -0.2) is 12.6 Å². The van der Waals surface area contributed by atoms with Crippen molar-refractivity contribution in [3.8, 4) is 0 Å². The van der Waals surface area contributed by atoms with Crippen molar-refractivity contribution >= 4 is 11.7 Å². The number of nitrogens with one attached hydrogen (secondary N) is 1. The highest BCUT2D eigenvalue weighted by molar-refractivity contribution is 5.90. The summed E-state index contributed by atoms with van der Waals surface area (Å²) in [6, 6.07) is 10.9. The summed E-state index contributed by atoms with van der Waals surface area (Å²) in [5.74, 6) is 0.538. The topological polar surface area (TPSA) is 51.5 Å². The van der Waals surface area contributed by atoms with Gasteiger partial charge in [0, 0.05) is 5.69 Å². The molecule has 0 atom stereocenters. The molecule has 1 aromatic carbocycles. The third-order valence-electron chi connectivity index (χ3n) is 2.42. The summed E-state index contributed by atoms with van der Waals surface area (Å²) >= 11 is 0. The maximum absolute atomic E-state index is 11.6. The number of carbonyl (C=O) groups excluding carboxylic acids is 1. The van der Waals surface area contributed by atoms with E-state index in [0.29, 0.717) is 18.7 Å². The fourth-order valence-electron chi connectivity index (χ4n) is 1.57. The van der Waals surface area contributed by atoms with Crippen molar-refractivity contribution in [2.75, 3.05) is 11.9 Å². The zero-order valence-corrected chi connectivity index (χ0v) is 10.2. The summed E-state index contributed by atoms with van der Waals surface area (Å²) in [7, 11) is 0. The van der Waals surface area contributed by atoms with E-state index in [0.717, 1.165) is 11.4 Å². The van der Waals surface area contributed by atoms with Crippen LogP contribution in [0.25, 0.3) is 0 Å². The van der Waals surface area contributed by atoms with E-state index in [1.807, 2.05) is 24.3 Å². The van der Waals surface area contributed by atoms with Gasteiger partial charge in [-0.3, -0.25) is 0 Å². The van der Waals surface area contributed by atoms with Crippen LogP contribution in [0.4, 0.5) is 5.69 Å². The lowest BCUT2D eigenvalue weighted by molar-refractivity contribution is 0.0526. The van der Waals surface area contributed by atoms with Crippen LogP contribution in [0, 0.1) is 0 Å². The van der Waals surface area contributed by atoms with E-state index in [9.17, 15) is 4.79 Å². The summed E-state index contributed by atoms with van der Waals surface area (Å²) in [6.45, 7) is 2.75. The molecule has 0 spiro atoms. The lowest BCUT2D eigenvalue weighted by Crippen LogP contribution is -2.05. The second kappa shape index (κ2) is 5.91. The zero-order chi connectivity index (χ0) is 12.8. The van der Waals surface area contributed by atoms with Crippen LogP contribution in [0.5, 0.6) is 0 Å². The van der Waals surface area contributed by atoms with Gasteiger partial charge in [0.05, 0.1) is 25.0 Å². The molecule has 4 heteroatoms. The standard InChI is InChI=1S/C14H15NO3/c1-2-17-14(16)11-5-3-6-12(9-11)15-10-13-7-4-8-18-13/h3-9,15H,2,10H2,1H3.